The lowest BCUT2D eigenvalue weighted by molar-refractivity contribution is 0.0412. The van der Waals surface area contributed by atoms with Gasteiger partial charge in [-0.3, -0.25) is 9.80 Å². The molecule has 1 aromatic rings. The van der Waals surface area contributed by atoms with Crippen LogP contribution in [-0.4, -0.2) is 68.7 Å². The fourth-order valence-electron chi connectivity index (χ4n) is 2.84. The summed E-state index contributed by atoms with van der Waals surface area (Å²) < 4.78 is 6.15. The Labute approximate surface area is 154 Å². The second-order valence-electron chi connectivity index (χ2n) is 8.79. The maximum atomic E-state index is 10.4. The van der Waals surface area contributed by atoms with Crippen molar-refractivity contribution >= 4 is 8.32 Å². The second-order valence-corrected chi connectivity index (χ2v) is 13.6. The van der Waals surface area contributed by atoms with Gasteiger partial charge in [0.1, 0.15) is 0 Å². The average molecular weight is 365 g/mol. The molecular formula is C20H36N2O2Si. The van der Waals surface area contributed by atoms with E-state index in [2.05, 4.69) is 74.0 Å². The summed E-state index contributed by atoms with van der Waals surface area (Å²) in [5.74, 6) is 0. The quantitative estimate of drug-likeness (QED) is 0.754. The van der Waals surface area contributed by atoms with E-state index in [0.717, 1.165) is 32.7 Å². The molecule has 0 unspecified atom stereocenters. The van der Waals surface area contributed by atoms with E-state index in [1.807, 2.05) is 0 Å². The van der Waals surface area contributed by atoms with Gasteiger partial charge in [-0.2, -0.15) is 0 Å². The minimum atomic E-state index is -1.77. The molecule has 1 aliphatic heterocycles. The predicted octanol–water partition coefficient (Wildman–Crippen LogP) is 3.19. The zero-order chi connectivity index (χ0) is 18.5. The van der Waals surface area contributed by atoms with Crippen LogP contribution in [0.15, 0.2) is 30.3 Å². The van der Waals surface area contributed by atoms with Crippen LogP contribution in [0, 0.1) is 0 Å². The molecule has 142 valence electrons. The van der Waals surface area contributed by atoms with Gasteiger partial charge in [0.2, 0.25) is 0 Å². The van der Waals surface area contributed by atoms with Gasteiger partial charge in [0, 0.05) is 39.3 Å². The van der Waals surface area contributed by atoms with Crippen LogP contribution in [0.1, 0.15) is 26.3 Å². The molecule has 5 heteroatoms. The van der Waals surface area contributed by atoms with Gasteiger partial charge in [0.05, 0.1) is 12.7 Å². The minimum Gasteiger partial charge on any atom is -0.414 e. The van der Waals surface area contributed by atoms with Gasteiger partial charge in [-0.1, -0.05) is 51.1 Å². The molecule has 4 nitrogen and oxygen atoms in total. The molecule has 0 aromatic heterocycles. The Hall–Kier alpha value is -0.723. The molecule has 2 rings (SSSR count). The van der Waals surface area contributed by atoms with Crippen molar-refractivity contribution in [3.8, 4) is 0 Å². The Morgan fingerprint density at radius 2 is 1.60 bits per heavy atom. The largest absolute Gasteiger partial charge is 0.414 e. The number of rotatable bonds is 7. The fraction of sp³-hybridized carbons (Fsp3) is 0.700. The lowest BCUT2D eigenvalue weighted by Crippen LogP contribution is -2.49. The lowest BCUT2D eigenvalue weighted by atomic mass is 10.2. The van der Waals surface area contributed by atoms with Gasteiger partial charge in [0.15, 0.2) is 8.32 Å². The van der Waals surface area contributed by atoms with Crippen LogP contribution in [-0.2, 0) is 11.0 Å². The van der Waals surface area contributed by atoms with Crippen LogP contribution in [0.25, 0.3) is 0 Å². The molecular weight excluding hydrogens is 328 g/mol. The van der Waals surface area contributed by atoms with Crippen LogP contribution in [0.4, 0.5) is 0 Å². The maximum Gasteiger partial charge on any atom is 0.192 e. The molecule has 0 saturated carbocycles. The van der Waals surface area contributed by atoms with Crippen LogP contribution < -0.4 is 0 Å². The molecule has 0 aliphatic carbocycles. The number of β-amino-alcohol motifs (C(OH)–C–C–N with tert-alkyl or cyclic N) is 1. The molecule has 0 amide bonds. The van der Waals surface area contributed by atoms with Crippen molar-refractivity contribution in [3.63, 3.8) is 0 Å². The number of aliphatic hydroxyl groups is 1. The maximum absolute atomic E-state index is 10.4. The van der Waals surface area contributed by atoms with Crippen LogP contribution in [0.2, 0.25) is 18.1 Å². The number of benzene rings is 1. The number of hydrogen-bond donors (Lipinski definition) is 1. The highest BCUT2D eigenvalue weighted by Gasteiger charge is 2.37. The smallest absolute Gasteiger partial charge is 0.192 e. The minimum absolute atomic E-state index is 0.190. The summed E-state index contributed by atoms with van der Waals surface area (Å²) in [5.41, 5.74) is 1.37. The lowest BCUT2D eigenvalue weighted by Gasteiger charge is -2.38. The highest BCUT2D eigenvalue weighted by Crippen LogP contribution is 2.36. The van der Waals surface area contributed by atoms with Crippen molar-refractivity contribution in [3.05, 3.63) is 35.9 Å². The first-order valence-corrected chi connectivity index (χ1v) is 12.4. The van der Waals surface area contributed by atoms with Gasteiger partial charge in [-0.25, -0.2) is 0 Å². The molecule has 1 fully saturated rings. The summed E-state index contributed by atoms with van der Waals surface area (Å²) >= 11 is 0. The average Bonchev–Trinajstić information content (AvgIpc) is 2.55. The molecule has 1 aromatic carbocycles. The third-order valence-electron chi connectivity index (χ3n) is 5.63. The van der Waals surface area contributed by atoms with E-state index in [9.17, 15) is 5.11 Å². The predicted molar refractivity (Wildman–Crippen MR) is 107 cm³/mol. The van der Waals surface area contributed by atoms with Gasteiger partial charge in [-0.05, 0) is 23.7 Å². The topological polar surface area (TPSA) is 35.9 Å². The first-order chi connectivity index (χ1) is 11.7. The van der Waals surface area contributed by atoms with Crippen molar-refractivity contribution in [2.24, 2.45) is 0 Å². The highest BCUT2D eigenvalue weighted by atomic mass is 28.4. The Morgan fingerprint density at radius 3 is 2.16 bits per heavy atom. The van der Waals surface area contributed by atoms with Gasteiger partial charge in [-0.15, -0.1) is 0 Å². The van der Waals surface area contributed by atoms with Gasteiger partial charge >= 0.3 is 0 Å². The SMILES string of the molecule is CC(C)(C)[Si](C)(C)OC[C@@H](O)CN1CCN(Cc2ccccc2)CC1. The second kappa shape index (κ2) is 8.78. The Balaban J connectivity index is 1.69. The van der Waals surface area contributed by atoms with E-state index in [1.54, 1.807) is 0 Å². The van der Waals surface area contributed by atoms with E-state index in [0.29, 0.717) is 13.2 Å². The van der Waals surface area contributed by atoms with Crippen molar-refractivity contribution in [2.45, 2.75) is 51.6 Å². The molecule has 1 heterocycles. The van der Waals surface area contributed by atoms with E-state index in [-0.39, 0.29) is 5.04 Å². The normalized spacial score (nSPS) is 19.1. The van der Waals surface area contributed by atoms with Crippen LogP contribution in [0.5, 0.6) is 0 Å². The molecule has 0 bridgehead atoms. The molecule has 0 spiro atoms. The Bertz CT molecular complexity index is 508. The van der Waals surface area contributed by atoms with Crippen molar-refractivity contribution in [1.29, 1.82) is 0 Å². The molecule has 25 heavy (non-hydrogen) atoms. The number of hydrogen-bond acceptors (Lipinski definition) is 4. The van der Waals surface area contributed by atoms with Crippen LogP contribution >= 0.6 is 0 Å². The summed E-state index contributed by atoms with van der Waals surface area (Å²) in [5, 5.41) is 10.6. The van der Waals surface area contributed by atoms with Crippen molar-refractivity contribution in [2.75, 3.05) is 39.3 Å². The molecule has 1 atom stereocenters. The third kappa shape index (κ3) is 6.50. The number of aliphatic hydroxyl groups excluding tert-OH is 1. The Kier molecular flexibility index (Phi) is 7.23. The van der Waals surface area contributed by atoms with E-state index < -0.39 is 14.4 Å². The zero-order valence-corrected chi connectivity index (χ0v) is 17.7. The first kappa shape index (κ1) is 20.6. The number of nitrogens with zero attached hydrogens (tertiary/aromatic N) is 2. The van der Waals surface area contributed by atoms with Crippen molar-refractivity contribution in [1.82, 2.24) is 9.80 Å². The summed E-state index contributed by atoms with van der Waals surface area (Å²) in [6.07, 6.45) is -0.394. The summed E-state index contributed by atoms with van der Waals surface area (Å²) in [6.45, 7) is 17.5. The van der Waals surface area contributed by atoms with E-state index >= 15 is 0 Å². The highest BCUT2D eigenvalue weighted by molar-refractivity contribution is 6.74. The first-order valence-electron chi connectivity index (χ1n) is 9.48. The molecule has 0 radical (unpaired) electrons. The van der Waals surface area contributed by atoms with Gasteiger partial charge in [0.25, 0.3) is 0 Å². The standard InChI is InChI=1S/C20H36N2O2Si/c1-20(2,3)25(4,5)24-17-19(23)16-22-13-11-21(12-14-22)15-18-9-7-6-8-10-18/h6-10,19,23H,11-17H2,1-5H3/t19-/m0/s1. The zero-order valence-electron chi connectivity index (χ0n) is 16.7. The van der Waals surface area contributed by atoms with Gasteiger partial charge < -0.3 is 9.53 Å². The Morgan fingerprint density at radius 1 is 1.04 bits per heavy atom. The monoisotopic (exact) mass is 364 g/mol. The van der Waals surface area contributed by atoms with E-state index in [4.69, 9.17) is 4.43 Å². The fourth-order valence-corrected chi connectivity index (χ4v) is 3.89. The van der Waals surface area contributed by atoms with E-state index in [1.165, 1.54) is 5.56 Å². The molecule has 1 aliphatic rings. The molecule has 1 saturated heterocycles. The summed E-state index contributed by atoms with van der Waals surface area (Å²) in [7, 11) is -1.77. The summed E-state index contributed by atoms with van der Waals surface area (Å²) in [4.78, 5) is 4.85. The van der Waals surface area contributed by atoms with Crippen LogP contribution in [0.3, 0.4) is 0 Å². The summed E-state index contributed by atoms with van der Waals surface area (Å²) in [6, 6.07) is 10.6. The molecule has 1 N–H and O–H groups in total. The number of piperazine rings is 1. The third-order valence-corrected chi connectivity index (χ3v) is 10.1. The van der Waals surface area contributed by atoms with Crippen molar-refractivity contribution < 1.29 is 9.53 Å².